The molecular weight excluding hydrogens is 441 g/mol. The van der Waals surface area contributed by atoms with E-state index in [1.165, 1.54) is 5.56 Å². The summed E-state index contributed by atoms with van der Waals surface area (Å²) < 4.78 is 10.6. The number of nitrogens with one attached hydrogen (secondary N) is 1. The first-order chi connectivity index (χ1) is 11.1. The van der Waals surface area contributed by atoms with Crippen LogP contribution in [0.5, 0.6) is 0 Å². The number of hydrogen-bond acceptors (Lipinski definition) is 3. The van der Waals surface area contributed by atoms with Crippen LogP contribution in [0.25, 0.3) is 0 Å². The van der Waals surface area contributed by atoms with Crippen molar-refractivity contribution in [3.63, 3.8) is 0 Å². The van der Waals surface area contributed by atoms with Gasteiger partial charge in [-0.2, -0.15) is 0 Å². The maximum Gasteiger partial charge on any atom is 0.188 e. The molecule has 0 radical (unpaired) electrons. The van der Waals surface area contributed by atoms with Crippen molar-refractivity contribution in [3.05, 3.63) is 34.9 Å². The third-order valence-corrected chi connectivity index (χ3v) is 4.49. The third-order valence-electron chi connectivity index (χ3n) is 4.25. The van der Waals surface area contributed by atoms with Crippen molar-refractivity contribution in [3.8, 4) is 0 Å². The Labute approximate surface area is 166 Å². The zero-order valence-corrected chi connectivity index (χ0v) is 17.3. The highest BCUT2D eigenvalue weighted by molar-refractivity contribution is 14.0. The van der Waals surface area contributed by atoms with E-state index in [-0.39, 0.29) is 35.4 Å². The van der Waals surface area contributed by atoms with Gasteiger partial charge in [-0.15, -0.1) is 24.0 Å². The Balaban J connectivity index is 0.00000288. The number of ether oxygens (including phenoxy) is 2. The Kier molecular flexibility index (Phi) is 9.33. The molecule has 1 aromatic carbocycles. The van der Waals surface area contributed by atoms with Gasteiger partial charge in [0.2, 0.25) is 0 Å². The van der Waals surface area contributed by atoms with Crippen molar-refractivity contribution >= 4 is 41.5 Å². The number of nitrogens with zero attached hydrogens (tertiary/aromatic N) is 1. The van der Waals surface area contributed by atoms with Crippen LogP contribution >= 0.6 is 35.6 Å². The van der Waals surface area contributed by atoms with E-state index in [0.29, 0.717) is 19.1 Å². The Morgan fingerprint density at radius 1 is 1.46 bits per heavy atom. The van der Waals surface area contributed by atoms with Crippen LogP contribution in [0.2, 0.25) is 5.02 Å². The predicted octanol–water partition coefficient (Wildman–Crippen LogP) is 2.95. The number of rotatable bonds is 6. The van der Waals surface area contributed by atoms with Gasteiger partial charge in [0.1, 0.15) is 0 Å². The van der Waals surface area contributed by atoms with E-state index in [1.54, 1.807) is 7.11 Å². The summed E-state index contributed by atoms with van der Waals surface area (Å²) in [6.45, 7) is 4.68. The standard InChI is InChI=1S/C17H26ClN3O2.HI/c1-13(11-22-2)21-16(19)20-12-17(6-8-23-9-7-17)14-4-3-5-15(18)10-14;/h3-5,10,13H,6-9,11-12H2,1-2H3,(H3,19,20,21);1H. The van der Waals surface area contributed by atoms with Gasteiger partial charge in [0.05, 0.1) is 13.2 Å². The van der Waals surface area contributed by atoms with Gasteiger partial charge in [0.25, 0.3) is 0 Å². The third kappa shape index (κ3) is 6.06. The second-order valence-corrected chi connectivity index (χ2v) is 6.54. The molecule has 0 aromatic heterocycles. The minimum Gasteiger partial charge on any atom is -0.383 e. The average Bonchev–Trinajstić information content (AvgIpc) is 2.54. The number of benzene rings is 1. The fourth-order valence-electron chi connectivity index (χ4n) is 2.94. The molecule has 0 spiro atoms. The van der Waals surface area contributed by atoms with E-state index >= 15 is 0 Å². The van der Waals surface area contributed by atoms with Crippen LogP contribution < -0.4 is 11.1 Å². The number of nitrogens with two attached hydrogens (primary N) is 1. The molecule has 1 atom stereocenters. The minimum absolute atomic E-state index is 0. The molecule has 0 saturated carbocycles. The molecular formula is C17H27ClIN3O2. The predicted molar refractivity (Wildman–Crippen MR) is 110 cm³/mol. The summed E-state index contributed by atoms with van der Waals surface area (Å²) in [6, 6.07) is 8.15. The molecule has 1 aromatic rings. The SMILES string of the molecule is COCC(C)NC(N)=NCC1(c2cccc(Cl)c2)CCOCC1.I. The molecule has 1 aliphatic rings. The lowest BCUT2D eigenvalue weighted by Crippen LogP contribution is -2.43. The van der Waals surface area contributed by atoms with E-state index < -0.39 is 0 Å². The molecule has 24 heavy (non-hydrogen) atoms. The second kappa shape index (κ2) is 10.4. The molecule has 0 bridgehead atoms. The van der Waals surface area contributed by atoms with Gasteiger partial charge in [0, 0.05) is 36.8 Å². The molecule has 1 unspecified atom stereocenters. The van der Waals surface area contributed by atoms with Crippen molar-refractivity contribution in [1.29, 1.82) is 0 Å². The van der Waals surface area contributed by atoms with Crippen molar-refractivity contribution in [2.75, 3.05) is 33.5 Å². The molecule has 136 valence electrons. The summed E-state index contributed by atoms with van der Waals surface area (Å²) in [5.41, 5.74) is 7.15. The monoisotopic (exact) mass is 467 g/mol. The quantitative estimate of drug-likeness (QED) is 0.383. The van der Waals surface area contributed by atoms with E-state index in [2.05, 4.69) is 16.4 Å². The zero-order valence-electron chi connectivity index (χ0n) is 14.3. The second-order valence-electron chi connectivity index (χ2n) is 6.11. The zero-order chi connectivity index (χ0) is 16.7. The normalized spacial score (nSPS) is 18.5. The Morgan fingerprint density at radius 3 is 2.79 bits per heavy atom. The summed E-state index contributed by atoms with van der Waals surface area (Å²) in [4.78, 5) is 4.58. The average molecular weight is 468 g/mol. The highest BCUT2D eigenvalue weighted by Crippen LogP contribution is 2.36. The maximum absolute atomic E-state index is 6.17. The van der Waals surface area contributed by atoms with E-state index in [9.17, 15) is 0 Å². The topological polar surface area (TPSA) is 68.9 Å². The van der Waals surface area contributed by atoms with Crippen LogP contribution in [0.3, 0.4) is 0 Å². The fourth-order valence-corrected chi connectivity index (χ4v) is 3.14. The van der Waals surface area contributed by atoms with Crippen LogP contribution in [0.4, 0.5) is 0 Å². The van der Waals surface area contributed by atoms with Gasteiger partial charge < -0.3 is 20.5 Å². The smallest absolute Gasteiger partial charge is 0.188 e. The van der Waals surface area contributed by atoms with Gasteiger partial charge in [-0.25, -0.2) is 0 Å². The first-order valence-corrected chi connectivity index (χ1v) is 8.33. The molecule has 1 fully saturated rings. The minimum atomic E-state index is -0.0695. The highest BCUT2D eigenvalue weighted by Gasteiger charge is 2.34. The van der Waals surface area contributed by atoms with Crippen LogP contribution in [-0.4, -0.2) is 45.5 Å². The van der Waals surface area contributed by atoms with Crippen molar-refractivity contribution in [2.45, 2.75) is 31.2 Å². The van der Waals surface area contributed by atoms with Gasteiger partial charge in [-0.3, -0.25) is 4.99 Å². The van der Waals surface area contributed by atoms with E-state index in [1.807, 2.05) is 25.1 Å². The van der Waals surface area contributed by atoms with Gasteiger partial charge >= 0.3 is 0 Å². The van der Waals surface area contributed by atoms with Crippen LogP contribution in [0.15, 0.2) is 29.3 Å². The number of aliphatic imine (C=N–C) groups is 1. The van der Waals surface area contributed by atoms with Crippen LogP contribution in [-0.2, 0) is 14.9 Å². The number of halogens is 2. The first kappa shape index (κ1) is 21.5. The van der Waals surface area contributed by atoms with Crippen molar-refractivity contribution < 1.29 is 9.47 Å². The maximum atomic E-state index is 6.17. The molecule has 5 nitrogen and oxygen atoms in total. The molecule has 3 N–H and O–H groups in total. The van der Waals surface area contributed by atoms with Gasteiger partial charge in [-0.1, -0.05) is 23.7 Å². The van der Waals surface area contributed by atoms with Crippen LogP contribution in [0, 0.1) is 0 Å². The van der Waals surface area contributed by atoms with E-state index in [4.69, 9.17) is 26.8 Å². The Bertz CT molecular complexity index is 536. The number of hydrogen-bond donors (Lipinski definition) is 2. The largest absolute Gasteiger partial charge is 0.383 e. The lowest BCUT2D eigenvalue weighted by Gasteiger charge is -2.36. The van der Waals surface area contributed by atoms with Gasteiger partial charge in [0.15, 0.2) is 5.96 Å². The van der Waals surface area contributed by atoms with Crippen LogP contribution in [0.1, 0.15) is 25.3 Å². The van der Waals surface area contributed by atoms with Crippen molar-refractivity contribution in [1.82, 2.24) is 5.32 Å². The molecule has 1 aliphatic heterocycles. The lowest BCUT2D eigenvalue weighted by molar-refractivity contribution is 0.0531. The van der Waals surface area contributed by atoms with Gasteiger partial charge in [-0.05, 0) is 37.5 Å². The highest BCUT2D eigenvalue weighted by atomic mass is 127. The molecule has 0 amide bonds. The Morgan fingerprint density at radius 2 is 2.17 bits per heavy atom. The summed E-state index contributed by atoms with van der Waals surface area (Å²) >= 11 is 6.17. The molecule has 1 saturated heterocycles. The van der Waals surface area contributed by atoms with E-state index in [0.717, 1.165) is 31.1 Å². The summed E-state index contributed by atoms with van der Waals surface area (Å²) in [5.74, 6) is 0.447. The molecule has 0 aliphatic carbocycles. The number of methoxy groups -OCH3 is 1. The summed E-state index contributed by atoms with van der Waals surface area (Å²) in [5, 5.41) is 3.89. The van der Waals surface area contributed by atoms with Crippen molar-refractivity contribution in [2.24, 2.45) is 10.7 Å². The number of guanidine groups is 1. The Hall–Kier alpha value is -0.570. The summed E-state index contributed by atoms with van der Waals surface area (Å²) in [6.07, 6.45) is 1.83. The molecule has 1 heterocycles. The first-order valence-electron chi connectivity index (χ1n) is 7.95. The summed E-state index contributed by atoms with van der Waals surface area (Å²) in [7, 11) is 1.67. The lowest BCUT2D eigenvalue weighted by atomic mass is 9.74. The molecule has 2 rings (SSSR count). The fraction of sp³-hybridized carbons (Fsp3) is 0.588. The molecule has 7 heteroatoms.